The van der Waals surface area contributed by atoms with E-state index in [0.717, 1.165) is 5.69 Å². The zero-order valence-corrected chi connectivity index (χ0v) is 12.8. The Labute approximate surface area is 129 Å². The first kappa shape index (κ1) is 14.8. The molecule has 0 N–H and O–H groups in total. The van der Waals surface area contributed by atoms with Crippen LogP contribution in [0.5, 0.6) is 0 Å². The van der Waals surface area contributed by atoms with Crippen LogP contribution < -0.4 is 4.90 Å². The van der Waals surface area contributed by atoms with Crippen LogP contribution in [-0.2, 0) is 21.2 Å². The van der Waals surface area contributed by atoms with Crippen LogP contribution in [0.3, 0.4) is 0 Å². The summed E-state index contributed by atoms with van der Waals surface area (Å²) in [5.74, 6) is 0.0306. The van der Waals surface area contributed by atoms with Gasteiger partial charge in [0.15, 0.2) is 9.84 Å². The van der Waals surface area contributed by atoms with Gasteiger partial charge in [-0.05, 0) is 18.6 Å². The predicted molar refractivity (Wildman–Crippen MR) is 83.2 cm³/mol. The molecule has 0 spiro atoms. The number of para-hydroxylation sites is 1. The van der Waals surface area contributed by atoms with E-state index in [2.05, 4.69) is 4.98 Å². The van der Waals surface area contributed by atoms with Crippen molar-refractivity contribution < 1.29 is 13.2 Å². The lowest BCUT2D eigenvalue weighted by Crippen LogP contribution is -2.43. The Morgan fingerprint density at radius 3 is 2.68 bits per heavy atom. The minimum Gasteiger partial charge on any atom is -0.328 e. The monoisotopic (exact) mass is 319 g/mol. The van der Waals surface area contributed by atoms with E-state index in [9.17, 15) is 13.2 Å². The minimum atomic E-state index is -3.06. The number of imidazole rings is 1. The lowest BCUT2D eigenvalue weighted by molar-refractivity contribution is -0.119. The maximum Gasteiger partial charge on any atom is 0.247 e. The van der Waals surface area contributed by atoms with E-state index in [4.69, 9.17) is 0 Å². The van der Waals surface area contributed by atoms with E-state index in [1.807, 2.05) is 30.3 Å². The van der Waals surface area contributed by atoms with Gasteiger partial charge >= 0.3 is 0 Å². The second kappa shape index (κ2) is 5.92. The topological polar surface area (TPSA) is 72.3 Å². The fourth-order valence-electron chi connectivity index (χ4n) is 2.74. The number of carbonyl (C=O) groups excluding carboxylic acids is 1. The number of sulfone groups is 1. The number of hydrogen-bond donors (Lipinski definition) is 0. The van der Waals surface area contributed by atoms with Crippen molar-refractivity contribution >= 4 is 21.4 Å². The van der Waals surface area contributed by atoms with Crippen LogP contribution in [0.2, 0.25) is 0 Å². The summed E-state index contributed by atoms with van der Waals surface area (Å²) < 4.78 is 25.2. The third-order valence-corrected chi connectivity index (χ3v) is 5.50. The third kappa shape index (κ3) is 3.19. The number of carbonyl (C=O) groups is 1. The second-order valence-corrected chi connectivity index (χ2v) is 7.62. The summed E-state index contributed by atoms with van der Waals surface area (Å²) >= 11 is 0. The summed E-state index contributed by atoms with van der Waals surface area (Å²) in [5, 5.41) is 0. The van der Waals surface area contributed by atoms with Gasteiger partial charge in [0.25, 0.3) is 0 Å². The van der Waals surface area contributed by atoms with Gasteiger partial charge in [-0.2, -0.15) is 0 Å². The van der Waals surface area contributed by atoms with Gasteiger partial charge in [0.2, 0.25) is 5.91 Å². The summed E-state index contributed by atoms with van der Waals surface area (Å²) in [6.07, 6.45) is 5.38. The van der Waals surface area contributed by atoms with E-state index in [1.165, 1.54) is 0 Å². The molecule has 2 aromatic rings. The van der Waals surface area contributed by atoms with Crippen LogP contribution >= 0.6 is 0 Å². The first-order chi connectivity index (χ1) is 10.6. The highest BCUT2D eigenvalue weighted by molar-refractivity contribution is 7.91. The SMILES string of the molecule is O=C(Cn1ccnc1)N(c1ccccc1)C1CCS(=O)(=O)C1. The normalized spacial score (nSPS) is 19.9. The van der Waals surface area contributed by atoms with Crippen LogP contribution in [0, 0.1) is 0 Å². The largest absolute Gasteiger partial charge is 0.328 e. The Balaban J connectivity index is 1.88. The molecule has 0 bridgehead atoms. The molecule has 22 heavy (non-hydrogen) atoms. The van der Waals surface area contributed by atoms with E-state index in [1.54, 1.807) is 28.2 Å². The van der Waals surface area contributed by atoms with Gasteiger partial charge in [0.05, 0.1) is 23.9 Å². The first-order valence-corrected chi connectivity index (χ1v) is 8.90. The number of rotatable bonds is 4. The van der Waals surface area contributed by atoms with Gasteiger partial charge in [-0.15, -0.1) is 0 Å². The first-order valence-electron chi connectivity index (χ1n) is 7.08. The highest BCUT2D eigenvalue weighted by Crippen LogP contribution is 2.24. The summed E-state index contributed by atoms with van der Waals surface area (Å²) in [6, 6.07) is 8.91. The van der Waals surface area contributed by atoms with Crippen molar-refractivity contribution in [1.29, 1.82) is 0 Å². The van der Waals surface area contributed by atoms with E-state index in [-0.39, 0.29) is 30.0 Å². The lowest BCUT2D eigenvalue weighted by Gasteiger charge is -2.28. The second-order valence-electron chi connectivity index (χ2n) is 5.39. The van der Waals surface area contributed by atoms with Gasteiger partial charge in [-0.3, -0.25) is 4.79 Å². The van der Waals surface area contributed by atoms with Crippen molar-refractivity contribution in [2.75, 3.05) is 16.4 Å². The zero-order valence-electron chi connectivity index (χ0n) is 12.0. The van der Waals surface area contributed by atoms with Gasteiger partial charge < -0.3 is 9.47 Å². The summed E-state index contributed by atoms with van der Waals surface area (Å²) in [5.41, 5.74) is 0.731. The molecule has 1 aromatic heterocycles. The molecule has 1 amide bonds. The van der Waals surface area contributed by atoms with E-state index >= 15 is 0 Å². The number of amides is 1. The minimum absolute atomic E-state index is 0.0254. The molecular weight excluding hydrogens is 302 g/mol. The average Bonchev–Trinajstić information content (AvgIpc) is 3.10. The Morgan fingerprint density at radius 2 is 2.09 bits per heavy atom. The standard InChI is InChI=1S/C15H17N3O3S/c19-15(10-17-8-7-16-12-17)18(13-4-2-1-3-5-13)14-6-9-22(20,21)11-14/h1-5,7-8,12,14H,6,9-11H2. The molecule has 116 valence electrons. The Bertz CT molecular complexity index is 742. The van der Waals surface area contributed by atoms with Gasteiger partial charge in [-0.25, -0.2) is 13.4 Å². The lowest BCUT2D eigenvalue weighted by atomic mass is 10.1. The van der Waals surface area contributed by atoms with Crippen molar-refractivity contribution in [3.63, 3.8) is 0 Å². The molecule has 0 aliphatic carbocycles. The van der Waals surface area contributed by atoms with Gasteiger partial charge in [-0.1, -0.05) is 18.2 Å². The fourth-order valence-corrected chi connectivity index (χ4v) is 4.44. The molecule has 7 heteroatoms. The molecule has 0 saturated carbocycles. The van der Waals surface area contributed by atoms with Crippen molar-refractivity contribution in [2.24, 2.45) is 0 Å². The molecule has 1 aromatic carbocycles. The molecule has 3 rings (SSSR count). The highest BCUT2D eigenvalue weighted by atomic mass is 32.2. The molecule has 6 nitrogen and oxygen atoms in total. The average molecular weight is 319 g/mol. The van der Waals surface area contributed by atoms with Gasteiger partial charge in [0, 0.05) is 18.1 Å². The summed E-state index contributed by atoms with van der Waals surface area (Å²) in [7, 11) is -3.06. The Hall–Kier alpha value is -2.15. The van der Waals surface area contributed by atoms with Crippen LogP contribution in [0.25, 0.3) is 0 Å². The number of aromatic nitrogens is 2. The molecule has 1 saturated heterocycles. The van der Waals surface area contributed by atoms with Crippen LogP contribution in [-0.4, -0.2) is 41.4 Å². The number of anilines is 1. The van der Waals surface area contributed by atoms with Crippen molar-refractivity contribution in [3.05, 3.63) is 49.1 Å². The highest BCUT2D eigenvalue weighted by Gasteiger charge is 2.35. The van der Waals surface area contributed by atoms with E-state index in [0.29, 0.717) is 6.42 Å². The zero-order chi connectivity index (χ0) is 15.6. The Kier molecular flexibility index (Phi) is 3.98. The predicted octanol–water partition coefficient (Wildman–Crippen LogP) is 1.10. The van der Waals surface area contributed by atoms with Crippen LogP contribution in [0.1, 0.15) is 6.42 Å². The molecule has 2 heterocycles. The molecule has 1 aliphatic rings. The molecule has 1 fully saturated rings. The summed E-state index contributed by atoms with van der Waals surface area (Å²) in [6.45, 7) is 0.144. The maximum atomic E-state index is 12.7. The molecule has 1 unspecified atom stereocenters. The van der Waals surface area contributed by atoms with Crippen LogP contribution in [0.15, 0.2) is 49.1 Å². The van der Waals surface area contributed by atoms with Crippen molar-refractivity contribution in [2.45, 2.75) is 19.0 Å². The van der Waals surface area contributed by atoms with Crippen molar-refractivity contribution in [1.82, 2.24) is 9.55 Å². The van der Waals surface area contributed by atoms with Crippen molar-refractivity contribution in [3.8, 4) is 0 Å². The molecule has 1 atom stereocenters. The number of nitrogens with zero attached hydrogens (tertiary/aromatic N) is 3. The Morgan fingerprint density at radius 1 is 1.32 bits per heavy atom. The van der Waals surface area contributed by atoms with Gasteiger partial charge in [0.1, 0.15) is 6.54 Å². The molecular formula is C15H17N3O3S. The summed E-state index contributed by atoms with van der Waals surface area (Å²) in [4.78, 5) is 18.2. The maximum absolute atomic E-state index is 12.7. The van der Waals surface area contributed by atoms with Crippen LogP contribution in [0.4, 0.5) is 5.69 Å². The third-order valence-electron chi connectivity index (χ3n) is 3.75. The quantitative estimate of drug-likeness (QED) is 0.846. The fraction of sp³-hybridized carbons (Fsp3) is 0.333. The molecule has 0 radical (unpaired) electrons. The molecule has 1 aliphatic heterocycles. The smallest absolute Gasteiger partial charge is 0.247 e. The number of benzene rings is 1. The number of hydrogen-bond acceptors (Lipinski definition) is 4. The van der Waals surface area contributed by atoms with E-state index < -0.39 is 9.84 Å².